The summed E-state index contributed by atoms with van der Waals surface area (Å²) in [5.74, 6) is 0.662. The van der Waals surface area contributed by atoms with E-state index in [-0.39, 0.29) is 11.6 Å². The van der Waals surface area contributed by atoms with Crippen molar-refractivity contribution in [3.8, 4) is 89.5 Å². The second-order valence-electron chi connectivity index (χ2n) is 33.4. The van der Waals surface area contributed by atoms with Crippen LogP contribution in [0, 0.1) is 78.9 Å². The Morgan fingerprint density at radius 2 is 0.623 bits per heavy atom. The van der Waals surface area contributed by atoms with Gasteiger partial charge in [0.15, 0.2) is 47.1 Å². The molecule has 20 rings (SSSR count). The molecule has 20 aromatic rings. The average molecular weight is 1610 g/mol. The topological polar surface area (TPSA) is 120 Å². The van der Waals surface area contributed by atoms with Gasteiger partial charge in [0.1, 0.15) is 39.8 Å². The summed E-state index contributed by atoms with van der Waals surface area (Å²) in [5, 5.41) is 8.51. The Bertz CT molecular complexity index is 7460. The van der Waals surface area contributed by atoms with E-state index in [9.17, 15) is 8.78 Å². The number of hydrogen-bond donors (Lipinski definition) is 0. The summed E-state index contributed by atoms with van der Waals surface area (Å²) in [6, 6.07) is 82.1. The molecule has 0 saturated heterocycles. The molecule has 0 atom stereocenters. The third-order valence-electron chi connectivity index (χ3n) is 23.2. The zero-order valence-corrected chi connectivity index (χ0v) is 71.9. The molecule has 122 heavy (non-hydrogen) atoms. The van der Waals surface area contributed by atoms with Crippen LogP contribution in [0.3, 0.4) is 0 Å². The van der Waals surface area contributed by atoms with E-state index >= 15 is 0 Å². The maximum absolute atomic E-state index is 14.4. The van der Waals surface area contributed by atoms with Crippen LogP contribution in [0.15, 0.2) is 285 Å². The zero-order valence-electron chi connectivity index (χ0n) is 71.9. The molecule has 12 heterocycles. The Morgan fingerprint density at radius 1 is 0.287 bits per heavy atom. The van der Waals surface area contributed by atoms with Crippen molar-refractivity contribution in [1.82, 2.24) is 19.9 Å². The number of nitrogens with zero attached hydrogens (tertiary/aromatic N) is 8. The molecule has 8 aromatic carbocycles. The third kappa shape index (κ3) is 15.9. The highest BCUT2D eigenvalue weighted by Crippen LogP contribution is 2.43. The molecule has 0 fully saturated rings. The minimum absolute atomic E-state index is 0.139. The van der Waals surface area contributed by atoms with Gasteiger partial charge in [-0.15, -0.1) is 0 Å². The van der Waals surface area contributed by atoms with Crippen LogP contribution >= 0.6 is 0 Å². The lowest BCUT2D eigenvalue weighted by molar-refractivity contribution is -0.660. The first kappa shape index (κ1) is 80.4. The van der Waals surface area contributed by atoms with Crippen molar-refractivity contribution in [1.29, 1.82) is 0 Å². The van der Waals surface area contributed by atoms with E-state index in [4.69, 9.17) is 17.7 Å². The van der Waals surface area contributed by atoms with Gasteiger partial charge in [-0.3, -0.25) is 0 Å². The van der Waals surface area contributed by atoms with E-state index in [0.717, 1.165) is 185 Å². The molecular formula is C108H98F2N8O4+4. The van der Waals surface area contributed by atoms with Gasteiger partial charge in [0, 0.05) is 113 Å². The number of rotatable bonds is 12. The van der Waals surface area contributed by atoms with Gasteiger partial charge in [-0.05, 0) is 232 Å². The summed E-state index contributed by atoms with van der Waals surface area (Å²) in [6.45, 7) is 25.1. The molecule has 0 unspecified atom stereocenters. The van der Waals surface area contributed by atoms with Crippen molar-refractivity contribution in [3.63, 3.8) is 0 Å². The minimum Gasteiger partial charge on any atom is -0.437 e. The monoisotopic (exact) mass is 1610 g/mol. The molecule has 604 valence electrons. The normalized spacial score (nSPS) is 11.6. The van der Waals surface area contributed by atoms with Gasteiger partial charge >= 0.3 is 0 Å². The summed E-state index contributed by atoms with van der Waals surface area (Å²) >= 11 is 0. The van der Waals surface area contributed by atoms with Crippen molar-refractivity contribution >= 4 is 88.3 Å². The Kier molecular flexibility index (Phi) is 22.0. The number of benzene rings is 8. The second kappa shape index (κ2) is 33.3. The summed E-state index contributed by atoms with van der Waals surface area (Å²) in [5.41, 5.74) is 34.4. The molecule has 0 aliphatic carbocycles. The van der Waals surface area contributed by atoms with Crippen LogP contribution in [0.4, 0.5) is 8.78 Å². The maximum atomic E-state index is 14.4. The van der Waals surface area contributed by atoms with Crippen LogP contribution in [0.5, 0.6) is 0 Å². The van der Waals surface area contributed by atoms with Gasteiger partial charge in [-0.1, -0.05) is 149 Å². The highest BCUT2D eigenvalue weighted by molar-refractivity contribution is 6.12. The molecule has 0 saturated carbocycles. The van der Waals surface area contributed by atoms with Crippen LogP contribution in [-0.4, -0.2) is 19.9 Å². The summed E-state index contributed by atoms with van der Waals surface area (Å²) < 4.78 is 61.3. The van der Waals surface area contributed by atoms with Crippen molar-refractivity contribution < 1.29 is 44.7 Å². The van der Waals surface area contributed by atoms with Crippen LogP contribution < -0.4 is 18.3 Å². The first-order valence-corrected chi connectivity index (χ1v) is 41.7. The van der Waals surface area contributed by atoms with Crippen molar-refractivity contribution in [2.45, 2.75) is 95.9 Å². The number of aromatic nitrogens is 8. The molecule has 14 heteroatoms. The van der Waals surface area contributed by atoms with Gasteiger partial charge < -0.3 is 17.7 Å². The van der Waals surface area contributed by atoms with Crippen LogP contribution in [0.25, 0.3) is 178 Å². The van der Waals surface area contributed by atoms with E-state index in [1.807, 2.05) is 84.3 Å². The lowest BCUT2D eigenvalue weighted by atomic mass is 9.95. The molecule has 0 N–H and O–H groups in total. The lowest BCUT2D eigenvalue weighted by Crippen LogP contribution is -2.31. The molecular weight excluding hydrogens is 1510 g/mol. The number of pyridine rings is 8. The summed E-state index contributed by atoms with van der Waals surface area (Å²) in [6.07, 6.45) is 10.2. The molecule has 0 aliphatic heterocycles. The highest BCUT2D eigenvalue weighted by Gasteiger charge is 2.28. The number of furan rings is 4. The SMILES string of the molecule is Cc1ccc2c(n1)oc1c(-c3cc(-c4ccc(F)c(CC(C)C)c4)cc[n+]3C)c(C)ccc12.Cc1ccc2c(n1)oc1c(-c3cc(-c4cccc(CC(C)C)c4)cc[n+]3C)c(C)ccc12.Cc1ccc2c(n1)oc1c(-c3ccc(-c4ccc(F)cc4)c[n+]3C)c(C)ccc12.Cc1ccc2c(n1)oc1c(-c3ccc(-c4ccccc4)c[n+]3C)c(C)ccc12. The number of aryl methyl sites for hydroxylation is 12. The average Bonchev–Trinajstić information content (AvgIpc) is 1.62. The van der Waals surface area contributed by atoms with Gasteiger partial charge in [-0.25, -0.2) is 47.0 Å². The predicted octanol–water partition coefficient (Wildman–Crippen LogP) is 25.7. The highest BCUT2D eigenvalue weighted by atomic mass is 19.1. The summed E-state index contributed by atoms with van der Waals surface area (Å²) in [4.78, 5) is 18.4. The molecule has 0 aliphatic rings. The van der Waals surface area contributed by atoms with E-state index in [1.165, 1.54) is 51.1 Å². The zero-order chi connectivity index (χ0) is 85.1. The van der Waals surface area contributed by atoms with Crippen LogP contribution in [0.1, 0.15) is 83.9 Å². The number of halogens is 2. The Balaban J connectivity index is 0.000000116. The van der Waals surface area contributed by atoms with E-state index < -0.39 is 0 Å². The smallest absolute Gasteiger partial charge is 0.227 e. The molecule has 0 spiro atoms. The third-order valence-corrected chi connectivity index (χ3v) is 23.2. The summed E-state index contributed by atoms with van der Waals surface area (Å²) in [7, 11) is 8.24. The van der Waals surface area contributed by atoms with Crippen LogP contribution in [-0.2, 0) is 41.0 Å². The minimum atomic E-state index is -0.231. The molecule has 0 radical (unpaired) electrons. The van der Waals surface area contributed by atoms with E-state index in [1.54, 1.807) is 18.2 Å². The molecule has 12 aromatic heterocycles. The Hall–Kier alpha value is -14.0. The van der Waals surface area contributed by atoms with Gasteiger partial charge in [-0.2, -0.15) is 0 Å². The van der Waals surface area contributed by atoms with Crippen LogP contribution in [0.2, 0.25) is 0 Å². The van der Waals surface area contributed by atoms with E-state index in [2.05, 4.69) is 302 Å². The Morgan fingerprint density at radius 3 is 1.01 bits per heavy atom. The fraction of sp³-hybridized carbons (Fsp3) is 0.185. The van der Waals surface area contributed by atoms with Crippen molar-refractivity contribution in [3.05, 3.63) is 335 Å². The quantitative estimate of drug-likeness (QED) is 0.111. The second-order valence-corrected chi connectivity index (χ2v) is 33.4. The molecule has 0 amide bonds. The van der Waals surface area contributed by atoms with Gasteiger partial charge in [0.05, 0.1) is 22.3 Å². The van der Waals surface area contributed by atoms with Gasteiger partial charge in [0.25, 0.3) is 0 Å². The Labute approximate surface area is 709 Å². The number of fused-ring (bicyclic) bond motifs is 12. The van der Waals surface area contributed by atoms with Gasteiger partial charge in [0.2, 0.25) is 45.6 Å². The van der Waals surface area contributed by atoms with Crippen molar-refractivity contribution in [2.75, 3.05) is 0 Å². The fourth-order valence-electron chi connectivity index (χ4n) is 17.0. The number of hydrogen-bond acceptors (Lipinski definition) is 8. The first-order chi connectivity index (χ1) is 58.8. The molecule has 12 nitrogen and oxygen atoms in total. The lowest BCUT2D eigenvalue weighted by Gasteiger charge is -2.11. The molecule has 0 bridgehead atoms. The standard InChI is InChI=1S/C29H28FN2O.C29H29N2O.C25H20FN2O.C25H21N2O/c1-17(2)14-22-15-20(8-11-25(22)30)21-12-13-32(5)26(16-21)27-18(3)6-9-23-24-10-7-19(4)31-29(24)33-28(23)27;1-18(2)15-21-7-6-8-22(16-21)23-13-14-31(5)26(17-23)27-19(3)9-11-24-25-12-10-20(4)30-29(25)32-28(24)27;1-15-4-11-20-21-12-5-16(2)27-25(21)29-24(20)23(15)22-13-8-18(14-28(22)3)17-6-9-19(26)10-7-17;1-16-9-12-20-21-13-10-17(2)26-25(21)28-24(20)23(16)22-14-11-19(15-27(22)3)18-7-5-4-6-8-18/h6-13,15-17H,14H2,1-5H3;6-14,16-18H,15H2,1-5H3;4-14H,1-3H3;4-15H,1-3H3/q4*+1. The predicted molar refractivity (Wildman–Crippen MR) is 489 cm³/mol. The van der Waals surface area contributed by atoms with Crippen molar-refractivity contribution in [2.24, 2.45) is 40.0 Å². The first-order valence-electron chi connectivity index (χ1n) is 41.7. The maximum Gasteiger partial charge on any atom is 0.227 e. The fourth-order valence-corrected chi connectivity index (χ4v) is 17.0. The van der Waals surface area contributed by atoms with E-state index in [0.29, 0.717) is 34.7 Å². The largest absolute Gasteiger partial charge is 0.437 e.